The number of hydrogen-bond acceptors (Lipinski definition) is 7. The number of benzene rings is 2. The highest BCUT2D eigenvalue weighted by molar-refractivity contribution is 6.08. The number of ether oxygens (including phenoxy) is 1. The molecule has 0 aromatic heterocycles. The number of nitrogens with zero attached hydrogens (tertiary/aromatic N) is 2. The van der Waals surface area contributed by atoms with Crippen molar-refractivity contribution in [1.82, 2.24) is 5.32 Å². The zero-order valence-electron chi connectivity index (χ0n) is 15.3. The molecule has 0 saturated heterocycles. The molecule has 1 amide bonds. The van der Waals surface area contributed by atoms with Crippen LogP contribution < -0.4 is 20.8 Å². The van der Waals surface area contributed by atoms with Crippen LogP contribution in [0.15, 0.2) is 53.6 Å². The number of hydrogen-bond donors (Lipinski definition) is 2. The fourth-order valence-electron chi connectivity index (χ4n) is 2.80. The van der Waals surface area contributed by atoms with Crippen LogP contribution in [-0.4, -0.2) is 43.5 Å². The topological polar surface area (TPSA) is 114 Å². The number of halogens is 1. The first-order chi connectivity index (χ1) is 14.0. The molecule has 2 unspecified atom stereocenters. The van der Waals surface area contributed by atoms with Gasteiger partial charge in [-0.3, -0.25) is 9.59 Å². The molecular formula is C20H19FN4O4. The van der Waals surface area contributed by atoms with Crippen molar-refractivity contribution in [3.05, 3.63) is 59.9 Å². The fraction of sp³-hybridized carbons (Fsp3) is 0.200. The Bertz CT molecular complexity index is 932. The summed E-state index contributed by atoms with van der Waals surface area (Å²) in [6.45, 7) is -0.377. The van der Waals surface area contributed by atoms with Gasteiger partial charge < -0.3 is 20.6 Å². The maximum Gasteiger partial charge on any atom is 0.258 e. The molecule has 2 aromatic rings. The lowest BCUT2D eigenvalue weighted by molar-refractivity contribution is -0.124. The Labute approximate surface area is 166 Å². The number of aldehydes is 1. The molecule has 0 fully saturated rings. The molecule has 1 aliphatic rings. The summed E-state index contributed by atoms with van der Waals surface area (Å²) in [4.78, 5) is 34.7. The molecule has 0 bridgehead atoms. The van der Waals surface area contributed by atoms with Gasteiger partial charge in [-0.05, 0) is 36.4 Å². The highest BCUT2D eigenvalue weighted by Gasteiger charge is 2.34. The van der Waals surface area contributed by atoms with E-state index in [9.17, 15) is 18.8 Å². The zero-order valence-corrected chi connectivity index (χ0v) is 15.3. The molecule has 0 radical (unpaired) electrons. The van der Waals surface area contributed by atoms with Crippen molar-refractivity contribution in [3.63, 3.8) is 0 Å². The van der Waals surface area contributed by atoms with Crippen molar-refractivity contribution >= 4 is 29.9 Å². The molecular weight excluding hydrogens is 379 g/mol. The molecule has 8 nitrogen and oxygen atoms in total. The molecule has 0 spiro atoms. The third-order valence-corrected chi connectivity index (χ3v) is 4.27. The van der Waals surface area contributed by atoms with Gasteiger partial charge in [0.05, 0.1) is 18.2 Å². The lowest BCUT2D eigenvalue weighted by Crippen LogP contribution is -2.43. The maximum absolute atomic E-state index is 13.1. The van der Waals surface area contributed by atoms with E-state index in [0.717, 1.165) is 0 Å². The van der Waals surface area contributed by atoms with Crippen LogP contribution in [0.25, 0.3) is 0 Å². The van der Waals surface area contributed by atoms with E-state index in [0.29, 0.717) is 23.3 Å². The minimum absolute atomic E-state index is 0.0931. The summed E-state index contributed by atoms with van der Waals surface area (Å²) in [5.74, 6) is -1.47. The predicted molar refractivity (Wildman–Crippen MR) is 104 cm³/mol. The molecule has 1 aliphatic heterocycles. The quantitative estimate of drug-likeness (QED) is 0.509. The molecule has 150 valence electrons. The molecule has 1 heterocycles. The summed E-state index contributed by atoms with van der Waals surface area (Å²) in [5.41, 5.74) is 7.11. The van der Waals surface area contributed by atoms with E-state index in [1.165, 1.54) is 41.6 Å². The highest BCUT2D eigenvalue weighted by atomic mass is 19.1. The molecule has 3 N–H and O–H groups in total. The summed E-state index contributed by atoms with van der Waals surface area (Å²) < 4.78 is 18.5. The minimum Gasteiger partial charge on any atom is -0.484 e. The number of nitrogens with one attached hydrogen (secondary N) is 1. The third-order valence-electron chi connectivity index (χ3n) is 4.27. The second kappa shape index (κ2) is 9.07. The summed E-state index contributed by atoms with van der Waals surface area (Å²) >= 11 is 0. The van der Waals surface area contributed by atoms with E-state index in [-0.39, 0.29) is 24.8 Å². The van der Waals surface area contributed by atoms with E-state index >= 15 is 0 Å². The van der Waals surface area contributed by atoms with Crippen molar-refractivity contribution in [3.8, 4) is 5.75 Å². The Kier molecular flexibility index (Phi) is 6.30. The van der Waals surface area contributed by atoms with Crippen LogP contribution in [-0.2, 0) is 9.59 Å². The zero-order chi connectivity index (χ0) is 20.8. The molecule has 0 saturated carbocycles. The van der Waals surface area contributed by atoms with Crippen LogP contribution >= 0.6 is 0 Å². The van der Waals surface area contributed by atoms with Gasteiger partial charge in [0.2, 0.25) is 0 Å². The van der Waals surface area contributed by atoms with Crippen LogP contribution in [0.4, 0.5) is 10.1 Å². The first-order valence-corrected chi connectivity index (χ1v) is 8.81. The molecule has 9 heteroatoms. The highest BCUT2D eigenvalue weighted by Crippen LogP contribution is 2.26. The molecule has 2 atom stereocenters. The van der Waals surface area contributed by atoms with E-state index in [2.05, 4.69) is 10.4 Å². The Morgan fingerprint density at radius 3 is 2.72 bits per heavy atom. The van der Waals surface area contributed by atoms with Crippen molar-refractivity contribution in [2.75, 3.05) is 18.2 Å². The second-order valence-electron chi connectivity index (χ2n) is 6.25. The van der Waals surface area contributed by atoms with Gasteiger partial charge in [-0.2, -0.15) is 5.10 Å². The molecule has 29 heavy (non-hydrogen) atoms. The van der Waals surface area contributed by atoms with E-state index in [1.54, 1.807) is 18.2 Å². The van der Waals surface area contributed by atoms with E-state index in [4.69, 9.17) is 10.5 Å². The smallest absolute Gasteiger partial charge is 0.258 e. The van der Waals surface area contributed by atoms with Gasteiger partial charge in [0.1, 0.15) is 24.0 Å². The van der Waals surface area contributed by atoms with Gasteiger partial charge in [0.25, 0.3) is 5.91 Å². The van der Waals surface area contributed by atoms with Gasteiger partial charge in [0.15, 0.2) is 12.4 Å². The second-order valence-corrected chi connectivity index (χ2v) is 6.25. The number of Topliss-reactive ketones (excluding diaryl/α,β-unsaturated/α-hetero) is 1. The summed E-state index contributed by atoms with van der Waals surface area (Å²) in [6, 6.07) is 12.0. The van der Waals surface area contributed by atoms with Crippen LogP contribution in [0.3, 0.4) is 0 Å². The van der Waals surface area contributed by atoms with Crippen LogP contribution in [0, 0.1) is 11.7 Å². The number of nitrogens with two attached hydrogens (primary N) is 1. The van der Waals surface area contributed by atoms with E-state index < -0.39 is 18.0 Å². The fourth-order valence-corrected chi connectivity index (χ4v) is 2.80. The number of hydrazone groups is 1. The third kappa shape index (κ3) is 4.82. The lowest BCUT2D eigenvalue weighted by atomic mass is 9.96. The van der Waals surface area contributed by atoms with E-state index in [1.807, 2.05) is 0 Å². The van der Waals surface area contributed by atoms with Crippen LogP contribution in [0.5, 0.6) is 5.75 Å². The van der Waals surface area contributed by atoms with Gasteiger partial charge in [-0.15, -0.1) is 0 Å². The normalized spacial score (nSPS) is 17.8. The number of carbonyl (C=O) groups is 3. The molecule has 2 aromatic carbocycles. The summed E-state index contributed by atoms with van der Waals surface area (Å²) in [5, 5.41) is 7.99. The van der Waals surface area contributed by atoms with Gasteiger partial charge in [0, 0.05) is 11.8 Å². The first-order valence-electron chi connectivity index (χ1n) is 8.81. The minimum atomic E-state index is -0.744. The average Bonchev–Trinajstić information content (AvgIpc) is 3.12. The van der Waals surface area contributed by atoms with Crippen molar-refractivity contribution in [1.29, 1.82) is 0 Å². The number of carbonyl (C=O) groups excluding carboxylic acids is 3. The number of amides is 1. The summed E-state index contributed by atoms with van der Waals surface area (Å²) in [7, 11) is 0. The van der Waals surface area contributed by atoms with Gasteiger partial charge in [-0.1, -0.05) is 12.1 Å². The SMILES string of the molecule is NC1C(C(=O)c2cccc(OCC(=O)NCC=O)c2)C=NN1c1ccc(F)cc1. The number of ketones is 1. The largest absolute Gasteiger partial charge is 0.484 e. The van der Waals surface area contributed by atoms with Gasteiger partial charge >= 0.3 is 0 Å². The first kappa shape index (κ1) is 20.2. The monoisotopic (exact) mass is 398 g/mol. The average molecular weight is 398 g/mol. The maximum atomic E-state index is 13.1. The molecule has 3 rings (SSSR count). The lowest BCUT2D eigenvalue weighted by Gasteiger charge is -2.23. The van der Waals surface area contributed by atoms with Crippen LogP contribution in [0.1, 0.15) is 10.4 Å². The standard InChI is InChI=1S/C20H19FN4O4/c21-14-4-6-15(7-5-14)25-20(22)17(11-24-25)19(28)13-2-1-3-16(10-13)29-12-18(27)23-8-9-26/h1-7,9-11,17,20H,8,12,22H2,(H,23,27). The number of anilines is 1. The van der Waals surface area contributed by atoms with Crippen LogP contribution in [0.2, 0.25) is 0 Å². The summed E-state index contributed by atoms with van der Waals surface area (Å²) in [6.07, 6.45) is 1.28. The van der Waals surface area contributed by atoms with Crippen molar-refractivity contribution in [2.24, 2.45) is 16.8 Å². The van der Waals surface area contributed by atoms with Gasteiger partial charge in [-0.25, -0.2) is 9.40 Å². The molecule has 0 aliphatic carbocycles. The Morgan fingerprint density at radius 2 is 2.00 bits per heavy atom. The van der Waals surface area contributed by atoms with Crippen molar-refractivity contribution in [2.45, 2.75) is 6.17 Å². The van der Waals surface area contributed by atoms with Crippen molar-refractivity contribution < 1.29 is 23.5 Å². The Morgan fingerprint density at radius 1 is 1.24 bits per heavy atom. The Balaban J connectivity index is 1.66. The number of rotatable bonds is 8. The Hall–Kier alpha value is -3.59. The predicted octanol–water partition coefficient (Wildman–Crippen LogP) is 1.11.